The average molecular weight is 690 g/mol. The van der Waals surface area contributed by atoms with Crippen LogP contribution in [0.15, 0.2) is 91.0 Å². The Balaban J connectivity index is 1.49. The third-order valence-electron chi connectivity index (χ3n) is 8.28. The third-order valence-corrected chi connectivity index (χ3v) is 9.79. The van der Waals surface area contributed by atoms with Crippen molar-refractivity contribution in [3.63, 3.8) is 0 Å². The molecule has 1 heterocycles. The second-order valence-corrected chi connectivity index (χ2v) is 14.5. The van der Waals surface area contributed by atoms with Gasteiger partial charge in [-0.05, 0) is 43.4 Å². The Kier molecular flexibility index (Phi) is 14.2. The van der Waals surface area contributed by atoms with Gasteiger partial charge >= 0.3 is 0 Å². The van der Waals surface area contributed by atoms with Gasteiger partial charge in [0.2, 0.25) is 23.6 Å². The first-order valence-corrected chi connectivity index (χ1v) is 17.4. The summed E-state index contributed by atoms with van der Waals surface area (Å²) in [5.74, 6) is -1.52. The lowest BCUT2D eigenvalue weighted by atomic mass is 9.96. The second-order valence-electron chi connectivity index (χ2n) is 12.7. The first-order chi connectivity index (χ1) is 23.6. The maximum Gasteiger partial charge on any atom is 0.245 e. The van der Waals surface area contributed by atoms with Crippen LogP contribution < -0.4 is 26.6 Å². The van der Waals surface area contributed by atoms with Crippen LogP contribution in [0, 0.1) is 0 Å². The molecule has 12 heteroatoms. The molecule has 1 saturated heterocycles. The number of aliphatic hydroxyl groups is 2. The van der Waals surface area contributed by atoms with E-state index in [1.807, 2.05) is 105 Å². The van der Waals surface area contributed by atoms with E-state index < -0.39 is 46.2 Å². The molecular weight excluding hydrogens is 643 g/mol. The second kappa shape index (κ2) is 18.5. The molecule has 3 aromatic carbocycles. The lowest BCUT2D eigenvalue weighted by Crippen LogP contribution is -2.59. The largest absolute Gasteiger partial charge is 0.396 e. The number of rotatable bonds is 17. The summed E-state index contributed by atoms with van der Waals surface area (Å²) in [4.78, 5) is 53.4. The first-order valence-electron chi connectivity index (χ1n) is 16.5. The smallest absolute Gasteiger partial charge is 0.245 e. The zero-order chi connectivity index (χ0) is 35.2. The zero-order valence-electron chi connectivity index (χ0n) is 27.9. The molecule has 0 saturated carbocycles. The van der Waals surface area contributed by atoms with Gasteiger partial charge in [-0.1, -0.05) is 91.0 Å². The highest BCUT2D eigenvalue weighted by molar-refractivity contribution is 8.01. The number of nitrogens with one attached hydrogen (secondary N) is 5. The Labute approximate surface area is 292 Å². The van der Waals surface area contributed by atoms with Crippen LogP contribution in [0.3, 0.4) is 0 Å². The van der Waals surface area contributed by atoms with Crippen molar-refractivity contribution in [3.8, 4) is 0 Å². The van der Waals surface area contributed by atoms with Gasteiger partial charge in [-0.3, -0.25) is 24.5 Å². The summed E-state index contributed by atoms with van der Waals surface area (Å²) in [6.07, 6.45) is -0.674. The quantitative estimate of drug-likeness (QED) is 0.105. The minimum Gasteiger partial charge on any atom is -0.396 e. The van der Waals surface area contributed by atoms with Crippen LogP contribution >= 0.6 is 11.8 Å². The van der Waals surface area contributed by atoms with E-state index in [0.29, 0.717) is 6.42 Å². The fourth-order valence-corrected chi connectivity index (χ4v) is 7.16. The molecular formula is C37H47N5O6S. The summed E-state index contributed by atoms with van der Waals surface area (Å²) in [6, 6.07) is 25.4. The molecule has 11 nitrogen and oxygen atoms in total. The highest BCUT2D eigenvalue weighted by Gasteiger charge is 2.49. The average Bonchev–Trinajstić information content (AvgIpc) is 3.41. The first kappa shape index (κ1) is 37.6. The molecule has 4 rings (SSSR count). The Morgan fingerprint density at radius 2 is 1.41 bits per heavy atom. The molecule has 7 N–H and O–H groups in total. The molecule has 1 fully saturated rings. The topological polar surface area (TPSA) is 169 Å². The summed E-state index contributed by atoms with van der Waals surface area (Å²) in [6.45, 7) is 4.25. The maximum atomic E-state index is 14.0. The van der Waals surface area contributed by atoms with Gasteiger partial charge in [0.05, 0.1) is 30.4 Å². The van der Waals surface area contributed by atoms with Crippen molar-refractivity contribution in [3.05, 3.63) is 108 Å². The fourth-order valence-electron chi connectivity index (χ4n) is 5.66. The molecule has 0 bridgehead atoms. The summed E-state index contributed by atoms with van der Waals surface area (Å²) in [5, 5.41) is 34.3. The molecule has 49 heavy (non-hydrogen) atoms. The number of hydrogen-bond donors (Lipinski definition) is 7. The van der Waals surface area contributed by atoms with Crippen LogP contribution in [0.25, 0.3) is 0 Å². The van der Waals surface area contributed by atoms with Crippen molar-refractivity contribution >= 4 is 35.4 Å². The molecule has 0 aromatic heterocycles. The van der Waals surface area contributed by atoms with Gasteiger partial charge in [0.1, 0.15) is 12.1 Å². The van der Waals surface area contributed by atoms with Crippen molar-refractivity contribution < 1.29 is 29.4 Å². The van der Waals surface area contributed by atoms with E-state index in [-0.39, 0.29) is 50.8 Å². The summed E-state index contributed by atoms with van der Waals surface area (Å²) < 4.78 is -0.721. The maximum absolute atomic E-state index is 14.0. The summed E-state index contributed by atoms with van der Waals surface area (Å²) in [5.41, 5.74) is 2.58. The van der Waals surface area contributed by atoms with Crippen LogP contribution in [0.5, 0.6) is 0 Å². The molecule has 5 atom stereocenters. The highest BCUT2D eigenvalue weighted by atomic mass is 32.2. The molecule has 1 aliphatic heterocycles. The van der Waals surface area contributed by atoms with Crippen LogP contribution in [-0.4, -0.2) is 81.3 Å². The SMILES string of the molecule is CC1(C)S[C@H]([C@H](NC(=O)Cc2ccccc2)C(=O)NCc2ccccc2)N[C@H]1C(=O)N[C@H](Cc1ccccc1)[C@H](O)CC(=O)NCCCO. The standard InChI is InChI=1S/C37H47N5O6S/c1-37(2)33(35(48)40-28(21-25-13-6-3-7-14-25)29(44)23-30(45)38-19-12-20-43)42-36(49-37)32(34(47)39-24-27-17-10-5-11-18-27)41-31(46)22-26-15-8-4-9-16-26/h3-11,13-18,28-29,32-33,36,42-44H,12,19-24H2,1-2H3,(H,38,45)(H,39,47)(H,40,48)(H,41,46)/t28-,29-,32-,33+,36-/m1/s1. The molecule has 0 radical (unpaired) electrons. The predicted molar refractivity (Wildman–Crippen MR) is 190 cm³/mol. The van der Waals surface area contributed by atoms with Crippen LogP contribution in [0.2, 0.25) is 0 Å². The summed E-state index contributed by atoms with van der Waals surface area (Å²) in [7, 11) is 0. The number of amides is 4. The minimum atomic E-state index is -1.19. The van der Waals surface area contributed by atoms with E-state index in [0.717, 1.165) is 16.7 Å². The third kappa shape index (κ3) is 11.7. The van der Waals surface area contributed by atoms with E-state index in [2.05, 4.69) is 26.6 Å². The van der Waals surface area contributed by atoms with E-state index in [1.54, 1.807) is 0 Å². The predicted octanol–water partition coefficient (Wildman–Crippen LogP) is 1.82. The molecule has 4 amide bonds. The molecule has 1 aliphatic rings. The van der Waals surface area contributed by atoms with Gasteiger partial charge in [0.15, 0.2) is 0 Å². The van der Waals surface area contributed by atoms with E-state index >= 15 is 0 Å². The number of benzene rings is 3. The Morgan fingerprint density at radius 3 is 2.02 bits per heavy atom. The molecule has 262 valence electrons. The molecule has 0 aliphatic carbocycles. The lowest BCUT2D eigenvalue weighted by molar-refractivity contribution is -0.129. The van der Waals surface area contributed by atoms with Crippen LogP contribution in [0.4, 0.5) is 0 Å². The van der Waals surface area contributed by atoms with Gasteiger partial charge in [-0.2, -0.15) is 0 Å². The van der Waals surface area contributed by atoms with Gasteiger partial charge in [-0.25, -0.2) is 0 Å². The van der Waals surface area contributed by atoms with E-state index in [4.69, 9.17) is 5.11 Å². The van der Waals surface area contributed by atoms with E-state index in [9.17, 15) is 24.3 Å². The number of carbonyl (C=O) groups excluding carboxylic acids is 4. The Morgan fingerprint density at radius 1 is 0.816 bits per heavy atom. The number of hydrogen-bond acceptors (Lipinski definition) is 8. The molecule has 3 aromatic rings. The number of aliphatic hydroxyl groups excluding tert-OH is 2. The number of thioether (sulfide) groups is 1. The van der Waals surface area contributed by atoms with Crippen molar-refractivity contribution in [1.29, 1.82) is 0 Å². The summed E-state index contributed by atoms with van der Waals surface area (Å²) >= 11 is 1.38. The van der Waals surface area contributed by atoms with Crippen molar-refractivity contribution in [2.75, 3.05) is 13.2 Å². The zero-order valence-corrected chi connectivity index (χ0v) is 28.7. The Hall–Kier alpha value is -4.23. The molecule has 0 unspecified atom stereocenters. The van der Waals surface area contributed by atoms with Gasteiger partial charge in [-0.15, -0.1) is 11.8 Å². The fraction of sp³-hybridized carbons (Fsp3) is 0.405. The van der Waals surface area contributed by atoms with E-state index in [1.165, 1.54) is 11.8 Å². The van der Waals surface area contributed by atoms with Crippen molar-refractivity contribution in [1.82, 2.24) is 26.6 Å². The Bertz CT molecular complexity index is 1510. The monoisotopic (exact) mass is 689 g/mol. The number of carbonyl (C=O) groups is 4. The minimum absolute atomic E-state index is 0.0645. The highest BCUT2D eigenvalue weighted by Crippen LogP contribution is 2.39. The van der Waals surface area contributed by atoms with Gasteiger partial charge in [0, 0.05) is 24.4 Å². The van der Waals surface area contributed by atoms with Crippen molar-refractivity contribution in [2.45, 2.75) is 80.4 Å². The van der Waals surface area contributed by atoms with Crippen LogP contribution in [0.1, 0.15) is 43.4 Å². The van der Waals surface area contributed by atoms with Gasteiger partial charge in [0.25, 0.3) is 0 Å². The normalized spacial score (nSPS) is 18.4. The molecule has 0 spiro atoms. The van der Waals surface area contributed by atoms with Crippen molar-refractivity contribution in [2.24, 2.45) is 0 Å². The van der Waals surface area contributed by atoms with Gasteiger partial charge < -0.3 is 31.5 Å². The lowest BCUT2D eigenvalue weighted by Gasteiger charge is -2.29. The van der Waals surface area contributed by atoms with Crippen LogP contribution in [-0.2, 0) is 38.6 Å².